The van der Waals surface area contributed by atoms with Crippen molar-refractivity contribution >= 4 is 18.3 Å². The SMILES string of the molecule is Cc1ccc(CNC(=O)CN2C[C@H]3CNC[C@H]3C2)cc1.Cl. The van der Waals surface area contributed by atoms with Crippen molar-refractivity contribution < 1.29 is 4.79 Å². The number of likely N-dealkylation sites (tertiary alicyclic amines) is 1. The third-order valence-corrected chi connectivity index (χ3v) is 4.44. The highest BCUT2D eigenvalue weighted by molar-refractivity contribution is 5.85. The van der Waals surface area contributed by atoms with E-state index in [0.29, 0.717) is 13.1 Å². The summed E-state index contributed by atoms with van der Waals surface area (Å²) < 4.78 is 0. The maximum absolute atomic E-state index is 12.0. The molecule has 2 atom stereocenters. The topological polar surface area (TPSA) is 44.4 Å². The van der Waals surface area contributed by atoms with Crippen molar-refractivity contribution in [3.05, 3.63) is 35.4 Å². The lowest BCUT2D eigenvalue weighted by Gasteiger charge is -2.16. The Hall–Kier alpha value is -1.10. The third kappa shape index (κ3) is 4.19. The number of aryl methyl sites for hydroxylation is 1. The highest BCUT2D eigenvalue weighted by atomic mass is 35.5. The molecule has 5 heteroatoms. The highest BCUT2D eigenvalue weighted by Crippen LogP contribution is 2.25. The number of nitrogens with zero attached hydrogens (tertiary/aromatic N) is 1. The highest BCUT2D eigenvalue weighted by Gasteiger charge is 2.36. The Bertz CT molecular complexity index is 465. The zero-order chi connectivity index (χ0) is 13.9. The summed E-state index contributed by atoms with van der Waals surface area (Å²) in [4.78, 5) is 14.3. The number of hydrogen-bond acceptors (Lipinski definition) is 3. The second-order valence-electron chi connectivity index (χ2n) is 6.13. The summed E-state index contributed by atoms with van der Waals surface area (Å²) >= 11 is 0. The van der Waals surface area contributed by atoms with Crippen molar-refractivity contribution in [2.24, 2.45) is 11.8 Å². The normalized spacial score (nSPS) is 24.4. The first kappa shape index (κ1) is 16.3. The molecule has 2 aliphatic heterocycles. The maximum Gasteiger partial charge on any atom is 0.234 e. The molecule has 2 saturated heterocycles. The smallest absolute Gasteiger partial charge is 0.234 e. The molecule has 0 radical (unpaired) electrons. The van der Waals surface area contributed by atoms with Crippen LogP contribution in [0.3, 0.4) is 0 Å². The second kappa shape index (κ2) is 7.25. The van der Waals surface area contributed by atoms with Gasteiger partial charge in [-0.2, -0.15) is 0 Å². The van der Waals surface area contributed by atoms with Gasteiger partial charge >= 0.3 is 0 Å². The number of fused-ring (bicyclic) bond motifs is 1. The molecule has 0 bridgehead atoms. The van der Waals surface area contributed by atoms with E-state index in [4.69, 9.17) is 0 Å². The molecule has 2 fully saturated rings. The van der Waals surface area contributed by atoms with Gasteiger partial charge in [0.15, 0.2) is 0 Å². The van der Waals surface area contributed by atoms with Gasteiger partial charge in [0.05, 0.1) is 6.54 Å². The molecule has 116 valence electrons. The van der Waals surface area contributed by atoms with E-state index in [1.54, 1.807) is 0 Å². The summed E-state index contributed by atoms with van der Waals surface area (Å²) in [5.41, 5.74) is 2.41. The first-order valence-corrected chi connectivity index (χ1v) is 7.46. The molecule has 21 heavy (non-hydrogen) atoms. The fourth-order valence-corrected chi connectivity index (χ4v) is 3.25. The van der Waals surface area contributed by atoms with Crippen LogP contribution in [0.15, 0.2) is 24.3 Å². The molecule has 0 aromatic heterocycles. The number of halogens is 1. The Morgan fingerprint density at radius 2 is 1.86 bits per heavy atom. The quantitative estimate of drug-likeness (QED) is 0.878. The van der Waals surface area contributed by atoms with Gasteiger partial charge in [-0.25, -0.2) is 0 Å². The van der Waals surface area contributed by atoms with E-state index in [1.807, 2.05) is 0 Å². The van der Waals surface area contributed by atoms with E-state index in [2.05, 4.69) is 46.7 Å². The molecule has 1 amide bonds. The van der Waals surface area contributed by atoms with Gasteiger partial charge in [-0.1, -0.05) is 29.8 Å². The monoisotopic (exact) mass is 309 g/mol. The van der Waals surface area contributed by atoms with Gasteiger partial charge in [-0.3, -0.25) is 9.69 Å². The molecule has 0 aliphatic carbocycles. The lowest BCUT2D eigenvalue weighted by atomic mass is 10.0. The molecule has 2 N–H and O–H groups in total. The van der Waals surface area contributed by atoms with Crippen LogP contribution in [0, 0.1) is 18.8 Å². The van der Waals surface area contributed by atoms with Crippen molar-refractivity contribution in [1.29, 1.82) is 0 Å². The van der Waals surface area contributed by atoms with Crippen molar-refractivity contribution in [3.8, 4) is 0 Å². The minimum absolute atomic E-state index is 0. The van der Waals surface area contributed by atoms with Crippen LogP contribution in [0.25, 0.3) is 0 Å². The zero-order valence-electron chi connectivity index (χ0n) is 12.5. The molecule has 2 aliphatic rings. The summed E-state index contributed by atoms with van der Waals surface area (Å²) in [6.07, 6.45) is 0. The molecule has 0 spiro atoms. The standard InChI is InChI=1S/C16H23N3O.ClH/c1-12-2-4-13(5-3-12)6-18-16(20)11-19-9-14-7-17-8-15(14)10-19;/h2-5,14-15,17H,6-11H2,1H3,(H,18,20);1H/t14-,15+;. The van der Waals surface area contributed by atoms with E-state index >= 15 is 0 Å². The van der Waals surface area contributed by atoms with Crippen LogP contribution in [0.1, 0.15) is 11.1 Å². The van der Waals surface area contributed by atoms with Crippen molar-refractivity contribution in [3.63, 3.8) is 0 Å². The minimum atomic E-state index is 0. The van der Waals surface area contributed by atoms with Crippen molar-refractivity contribution in [2.75, 3.05) is 32.7 Å². The van der Waals surface area contributed by atoms with Crippen LogP contribution >= 0.6 is 12.4 Å². The van der Waals surface area contributed by atoms with Crippen LogP contribution in [-0.2, 0) is 11.3 Å². The summed E-state index contributed by atoms with van der Waals surface area (Å²) in [6, 6.07) is 8.30. The summed E-state index contributed by atoms with van der Waals surface area (Å²) in [5.74, 6) is 1.64. The third-order valence-electron chi connectivity index (χ3n) is 4.44. The zero-order valence-corrected chi connectivity index (χ0v) is 13.3. The fourth-order valence-electron chi connectivity index (χ4n) is 3.25. The Morgan fingerprint density at radius 1 is 1.24 bits per heavy atom. The van der Waals surface area contributed by atoms with Crippen LogP contribution in [0.4, 0.5) is 0 Å². The number of amides is 1. The number of benzene rings is 1. The van der Waals surface area contributed by atoms with Crippen LogP contribution in [0.2, 0.25) is 0 Å². The van der Waals surface area contributed by atoms with Crippen LogP contribution in [0.5, 0.6) is 0 Å². The summed E-state index contributed by atoms with van der Waals surface area (Å²) in [6.45, 7) is 7.60. The van der Waals surface area contributed by atoms with Gasteiger partial charge in [-0.15, -0.1) is 12.4 Å². The molecular formula is C16H24ClN3O. The summed E-state index contributed by atoms with van der Waals surface area (Å²) in [5, 5.41) is 6.44. The second-order valence-corrected chi connectivity index (χ2v) is 6.13. The van der Waals surface area contributed by atoms with Gasteiger partial charge in [0.2, 0.25) is 5.91 Å². The molecule has 3 rings (SSSR count). The van der Waals surface area contributed by atoms with Crippen molar-refractivity contribution in [1.82, 2.24) is 15.5 Å². The fraction of sp³-hybridized carbons (Fsp3) is 0.562. The Kier molecular flexibility index (Phi) is 5.62. The lowest BCUT2D eigenvalue weighted by molar-refractivity contribution is -0.122. The number of rotatable bonds is 4. The molecule has 0 unspecified atom stereocenters. The Balaban J connectivity index is 0.00000161. The first-order chi connectivity index (χ1) is 9.70. The van der Waals surface area contributed by atoms with Gasteiger partial charge in [0.25, 0.3) is 0 Å². The number of carbonyl (C=O) groups is 1. The predicted octanol–water partition coefficient (Wildman–Crippen LogP) is 1.18. The molecule has 2 heterocycles. The lowest BCUT2D eigenvalue weighted by Crippen LogP contribution is -2.37. The average molecular weight is 310 g/mol. The predicted molar refractivity (Wildman–Crippen MR) is 86.6 cm³/mol. The molecular weight excluding hydrogens is 286 g/mol. The molecule has 0 saturated carbocycles. The number of nitrogens with one attached hydrogen (secondary N) is 2. The van der Waals surface area contributed by atoms with E-state index in [0.717, 1.165) is 43.6 Å². The Morgan fingerprint density at radius 3 is 2.48 bits per heavy atom. The van der Waals surface area contributed by atoms with E-state index in [1.165, 1.54) is 5.56 Å². The first-order valence-electron chi connectivity index (χ1n) is 7.46. The maximum atomic E-state index is 12.0. The largest absolute Gasteiger partial charge is 0.351 e. The average Bonchev–Trinajstić information content (AvgIpc) is 2.99. The molecule has 1 aromatic carbocycles. The van der Waals surface area contributed by atoms with E-state index < -0.39 is 0 Å². The van der Waals surface area contributed by atoms with Crippen LogP contribution < -0.4 is 10.6 Å². The Labute approximate surface area is 132 Å². The molecule has 4 nitrogen and oxygen atoms in total. The van der Waals surface area contributed by atoms with Crippen LogP contribution in [-0.4, -0.2) is 43.5 Å². The van der Waals surface area contributed by atoms with E-state index in [9.17, 15) is 4.79 Å². The van der Waals surface area contributed by atoms with Gasteiger partial charge < -0.3 is 10.6 Å². The van der Waals surface area contributed by atoms with Crippen molar-refractivity contribution in [2.45, 2.75) is 13.5 Å². The minimum Gasteiger partial charge on any atom is -0.351 e. The summed E-state index contributed by atoms with van der Waals surface area (Å²) in [7, 11) is 0. The van der Waals surface area contributed by atoms with Gasteiger partial charge in [0, 0.05) is 19.6 Å². The number of carbonyl (C=O) groups excluding carboxylic acids is 1. The van der Waals surface area contributed by atoms with Gasteiger partial charge in [-0.05, 0) is 37.4 Å². The molecule has 1 aromatic rings. The number of hydrogen-bond donors (Lipinski definition) is 2. The van der Waals surface area contributed by atoms with E-state index in [-0.39, 0.29) is 18.3 Å². The van der Waals surface area contributed by atoms with Gasteiger partial charge in [0.1, 0.15) is 0 Å².